The first kappa shape index (κ1) is 15.8. The van der Waals surface area contributed by atoms with E-state index in [-0.39, 0.29) is 11.5 Å². The highest BCUT2D eigenvalue weighted by molar-refractivity contribution is 5.71. The van der Waals surface area contributed by atoms with Crippen molar-refractivity contribution in [3.63, 3.8) is 0 Å². The predicted octanol–water partition coefficient (Wildman–Crippen LogP) is 2.82. The SMILES string of the molecule is COC1(CNCC2CCCCCCC2)CC(C(=O)O)C1. The van der Waals surface area contributed by atoms with Gasteiger partial charge in [-0.3, -0.25) is 4.79 Å². The fourth-order valence-corrected chi connectivity index (χ4v) is 3.65. The Morgan fingerprint density at radius 2 is 1.80 bits per heavy atom. The smallest absolute Gasteiger partial charge is 0.306 e. The number of rotatable bonds is 6. The maximum Gasteiger partial charge on any atom is 0.306 e. The molecule has 2 rings (SSSR count). The first-order valence-electron chi connectivity index (χ1n) is 8.14. The zero-order valence-corrected chi connectivity index (χ0v) is 12.7. The van der Waals surface area contributed by atoms with Crippen molar-refractivity contribution in [3.05, 3.63) is 0 Å². The Balaban J connectivity index is 1.67. The Kier molecular flexibility index (Phi) is 5.85. The van der Waals surface area contributed by atoms with Gasteiger partial charge in [-0.05, 0) is 38.1 Å². The summed E-state index contributed by atoms with van der Waals surface area (Å²) >= 11 is 0. The zero-order chi connectivity index (χ0) is 14.4. The maximum absolute atomic E-state index is 10.9. The van der Waals surface area contributed by atoms with Crippen molar-refractivity contribution in [1.82, 2.24) is 5.32 Å². The Morgan fingerprint density at radius 3 is 2.35 bits per heavy atom. The Labute approximate surface area is 122 Å². The van der Waals surface area contributed by atoms with Crippen LogP contribution < -0.4 is 5.32 Å². The van der Waals surface area contributed by atoms with Crippen molar-refractivity contribution in [2.45, 2.75) is 63.4 Å². The summed E-state index contributed by atoms with van der Waals surface area (Å²) in [6, 6.07) is 0. The van der Waals surface area contributed by atoms with E-state index in [1.54, 1.807) is 7.11 Å². The number of hydrogen-bond acceptors (Lipinski definition) is 3. The van der Waals surface area contributed by atoms with Gasteiger partial charge in [-0.15, -0.1) is 0 Å². The molecule has 4 heteroatoms. The molecular formula is C16H29NO3. The normalized spacial score (nSPS) is 32.1. The Bertz CT molecular complexity index is 305. The van der Waals surface area contributed by atoms with E-state index >= 15 is 0 Å². The summed E-state index contributed by atoms with van der Waals surface area (Å²) < 4.78 is 5.56. The molecule has 0 unspecified atom stereocenters. The van der Waals surface area contributed by atoms with Crippen molar-refractivity contribution >= 4 is 5.97 Å². The fraction of sp³-hybridized carbons (Fsp3) is 0.938. The minimum Gasteiger partial charge on any atom is -0.481 e. The van der Waals surface area contributed by atoms with Crippen molar-refractivity contribution in [2.24, 2.45) is 11.8 Å². The fourth-order valence-electron chi connectivity index (χ4n) is 3.65. The van der Waals surface area contributed by atoms with Crippen LogP contribution >= 0.6 is 0 Å². The Morgan fingerprint density at radius 1 is 1.20 bits per heavy atom. The highest BCUT2D eigenvalue weighted by atomic mass is 16.5. The molecule has 0 atom stereocenters. The van der Waals surface area contributed by atoms with Gasteiger partial charge in [-0.25, -0.2) is 0 Å². The molecule has 0 amide bonds. The average molecular weight is 283 g/mol. The minimum absolute atomic E-state index is 0.210. The third-order valence-electron chi connectivity index (χ3n) is 5.12. The van der Waals surface area contributed by atoms with Gasteiger partial charge >= 0.3 is 5.97 Å². The minimum atomic E-state index is -0.683. The molecule has 0 bridgehead atoms. The molecule has 0 spiro atoms. The molecule has 0 aromatic rings. The van der Waals surface area contributed by atoms with Gasteiger partial charge in [0.15, 0.2) is 0 Å². The quantitative estimate of drug-likeness (QED) is 0.787. The highest BCUT2D eigenvalue weighted by Crippen LogP contribution is 2.40. The molecule has 4 nitrogen and oxygen atoms in total. The monoisotopic (exact) mass is 283 g/mol. The third-order valence-corrected chi connectivity index (χ3v) is 5.12. The van der Waals surface area contributed by atoms with Crippen LogP contribution in [0.2, 0.25) is 0 Å². The van der Waals surface area contributed by atoms with Gasteiger partial charge in [-0.2, -0.15) is 0 Å². The third kappa shape index (κ3) is 4.19. The van der Waals surface area contributed by atoms with Gasteiger partial charge in [0.05, 0.1) is 11.5 Å². The van der Waals surface area contributed by atoms with Gasteiger partial charge < -0.3 is 15.2 Å². The van der Waals surface area contributed by atoms with Crippen molar-refractivity contribution in [2.75, 3.05) is 20.2 Å². The molecule has 0 aliphatic heterocycles. The first-order chi connectivity index (χ1) is 9.65. The average Bonchev–Trinajstić information content (AvgIpc) is 2.34. The van der Waals surface area contributed by atoms with E-state index in [1.807, 2.05) is 0 Å². The number of hydrogen-bond donors (Lipinski definition) is 2. The lowest BCUT2D eigenvalue weighted by Crippen LogP contribution is -2.55. The summed E-state index contributed by atoms with van der Waals surface area (Å²) in [7, 11) is 1.70. The maximum atomic E-state index is 10.9. The van der Waals surface area contributed by atoms with E-state index in [1.165, 1.54) is 44.9 Å². The molecule has 0 aromatic carbocycles. The molecule has 0 aromatic heterocycles. The standard InChI is InChI=1S/C16H29NO3/c1-20-16(9-14(10-16)15(18)19)12-17-11-13-7-5-3-2-4-6-8-13/h13-14,17H,2-12H2,1H3,(H,18,19). The topological polar surface area (TPSA) is 58.6 Å². The molecule has 2 fully saturated rings. The van der Waals surface area contributed by atoms with Crippen LogP contribution in [0.5, 0.6) is 0 Å². The van der Waals surface area contributed by atoms with Crippen LogP contribution in [0.1, 0.15) is 57.8 Å². The van der Waals surface area contributed by atoms with E-state index in [4.69, 9.17) is 9.84 Å². The summed E-state index contributed by atoms with van der Waals surface area (Å²) in [6.45, 7) is 1.85. The molecule has 2 saturated carbocycles. The lowest BCUT2D eigenvalue weighted by atomic mass is 9.70. The lowest BCUT2D eigenvalue weighted by Gasteiger charge is -2.45. The summed E-state index contributed by atoms with van der Waals surface area (Å²) in [5, 5.41) is 12.5. The van der Waals surface area contributed by atoms with E-state index in [9.17, 15) is 4.79 Å². The molecule has 2 N–H and O–H groups in total. The van der Waals surface area contributed by atoms with Gasteiger partial charge in [0.1, 0.15) is 0 Å². The van der Waals surface area contributed by atoms with Crippen molar-refractivity contribution in [3.8, 4) is 0 Å². The van der Waals surface area contributed by atoms with Crippen LogP contribution in [0.15, 0.2) is 0 Å². The second-order valence-corrected chi connectivity index (χ2v) is 6.67. The Hall–Kier alpha value is -0.610. The molecule has 2 aliphatic rings. The first-order valence-corrected chi connectivity index (χ1v) is 8.14. The largest absolute Gasteiger partial charge is 0.481 e. The van der Waals surface area contributed by atoms with E-state index in [0.717, 1.165) is 19.0 Å². The number of ether oxygens (including phenoxy) is 1. The second kappa shape index (κ2) is 7.41. The molecule has 20 heavy (non-hydrogen) atoms. The number of nitrogens with one attached hydrogen (secondary N) is 1. The van der Waals surface area contributed by atoms with Crippen molar-refractivity contribution in [1.29, 1.82) is 0 Å². The summed E-state index contributed by atoms with van der Waals surface area (Å²) in [4.78, 5) is 10.9. The molecule has 0 radical (unpaired) electrons. The summed E-state index contributed by atoms with van der Waals surface area (Å²) in [5.41, 5.74) is -0.231. The van der Waals surface area contributed by atoms with Gasteiger partial charge in [0.2, 0.25) is 0 Å². The number of methoxy groups -OCH3 is 1. The molecule has 0 heterocycles. The number of carboxylic acids is 1. The van der Waals surface area contributed by atoms with Gasteiger partial charge in [0.25, 0.3) is 0 Å². The molecular weight excluding hydrogens is 254 g/mol. The predicted molar refractivity (Wildman–Crippen MR) is 78.8 cm³/mol. The second-order valence-electron chi connectivity index (χ2n) is 6.67. The van der Waals surface area contributed by atoms with Crippen LogP contribution in [0.25, 0.3) is 0 Å². The van der Waals surface area contributed by atoms with E-state index in [2.05, 4.69) is 5.32 Å². The van der Waals surface area contributed by atoms with E-state index in [0.29, 0.717) is 12.8 Å². The van der Waals surface area contributed by atoms with Gasteiger partial charge in [0, 0.05) is 13.7 Å². The highest BCUT2D eigenvalue weighted by Gasteiger charge is 2.47. The van der Waals surface area contributed by atoms with Crippen LogP contribution in [0.3, 0.4) is 0 Å². The molecule has 0 saturated heterocycles. The van der Waals surface area contributed by atoms with Crippen LogP contribution in [-0.2, 0) is 9.53 Å². The van der Waals surface area contributed by atoms with Crippen molar-refractivity contribution < 1.29 is 14.6 Å². The molecule has 2 aliphatic carbocycles. The zero-order valence-electron chi connectivity index (χ0n) is 12.7. The summed E-state index contributed by atoms with van der Waals surface area (Å²) in [6.07, 6.45) is 10.9. The molecule has 116 valence electrons. The van der Waals surface area contributed by atoms with Gasteiger partial charge in [-0.1, -0.05) is 32.1 Å². The van der Waals surface area contributed by atoms with Crippen LogP contribution in [-0.4, -0.2) is 36.9 Å². The number of carbonyl (C=O) groups is 1. The van der Waals surface area contributed by atoms with E-state index < -0.39 is 5.97 Å². The van der Waals surface area contributed by atoms with Crippen LogP contribution in [0, 0.1) is 11.8 Å². The lowest BCUT2D eigenvalue weighted by molar-refractivity contribution is -0.162. The van der Waals surface area contributed by atoms with Crippen LogP contribution in [0.4, 0.5) is 0 Å². The number of aliphatic carboxylic acids is 1. The number of carboxylic acid groups (broad SMARTS) is 1. The summed E-state index contributed by atoms with van der Waals surface area (Å²) in [5.74, 6) is -0.101.